The second-order valence-electron chi connectivity index (χ2n) is 16.5. The normalized spacial score (nSPS) is 23.8. The minimum absolute atomic E-state index is 0.160. The van der Waals surface area contributed by atoms with Crippen LogP contribution in [0.15, 0.2) is 59.5 Å². The number of imide groups is 1. The van der Waals surface area contributed by atoms with Gasteiger partial charge in [0.15, 0.2) is 0 Å². The molecule has 8 rings (SSSR count). The summed E-state index contributed by atoms with van der Waals surface area (Å²) in [5.41, 5.74) is 3.31. The maximum Gasteiger partial charge on any atom is 0.329 e. The molecule has 2 saturated heterocycles. The molecule has 3 amide bonds. The van der Waals surface area contributed by atoms with Crippen LogP contribution in [0.3, 0.4) is 0 Å². The van der Waals surface area contributed by atoms with Gasteiger partial charge in [-0.3, -0.25) is 33.5 Å². The number of halogens is 1. The van der Waals surface area contributed by atoms with Crippen LogP contribution in [0, 0.1) is 12.8 Å². The number of alkyl halides is 1. The van der Waals surface area contributed by atoms with Crippen LogP contribution in [0.5, 0.6) is 0 Å². The lowest BCUT2D eigenvalue weighted by atomic mass is 9.83. The quantitative estimate of drug-likeness (QED) is 0.177. The predicted molar refractivity (Wildman–Crippen MR) is 210 cm³/mol. The number of aromatic nitrogens is 5. The highest BCUT2D eigenvalue weighted by molar-refractivity contribution is 6.04. The van der Waals surface area contributed by atoms with E-state index < -0.39 is 23.7 Å². The Kier molecular flexibility index (Phi) is 9.90. The molecule has 1 saturated carbocycles. The second-order valence-corrected chi connectivity index (χ2v) is 16.5. The lowest BCUT2D eigenvalue weighted by Gasteiger charge is -2.38. The molecular formula is C42H49FN8O5. The Labute approximate surface area is 323 Å². The summed E-state index contributed by atoms with van der Waals surface area (Å²) in [6.07, 6.45) is 5.79. The topological polar surface area (TPSA) is 156 Å². The van der Waals surface area contributed by atoms with Crippen molar-refractivity contribution in [3.63, 3.8) is 0 Å². The number of carbonyl (C=O) groups excluding carboxylic acids is 3. The van der Waals surface area contributed by atoms with Gasteiger partial charge in [-0.15, -0.1) is 0 Å². The fraction of sp³-hybridized carbons (Fsp3) is 0.476. The molecule has 0 radical (unpaired) electrons. The van der Waals surface area contributed by atoms with Gasteiger partial charge in [0, 0.05) is 61.0 Å². The van der Waals surface area contributed by atoms with Gasteiger partial charge < -0.3 is 15.3 Å². The number of aliphatic hydroxyl groups is 1. The van der Waals surface area contributed by atoms with E-state index >= 15 is 4.39 Å². The summed E-state index contributed by atoms with van der Waals surface area (Å²) in [5.74, 6) is -1.12. The van der Waals surface area contributed by atoms with Crippen LogP contribution < -0.4 is 16.3 Å². The van der Waals surface area contributed by atoms with E-state index in [0.29, 0.717) is 46.9 Å². The summed E-state index contributed by atoms with van der Waals surface area (Å²) < 4.78 is 21.2. The highest BCUT2D eigenvalue weighted by atomic mass is 19.1. The Balaban J connectivity index is 0.912. The van der Waals surface area contributed by atoms with Crippen molar-refractivity contribution in [1.29, 1.82) is 0 Å². The minimum atomic E-state index is -1.22. The maximum atomic E-state index is 16.2. The van der Waals surface area contributed by atoms with E-state index in [2.05, 4.69) is 20.5 Å². The summed E-state index contributed by atoms with van der Waals surface area (Å²) >= 11 is 0. The molecule has 0 spiro atoms. The van der Waals surface area contributed by atoms with Gasteiger partial charge in [-0.1, -0.05) is 18.2 Å². The van der Waals surface area contributed by atoms with Crippen LogP contribution in [0.2, 0.25) is 0 Å². The third-order valence-corrected chi connectivity index (χ3v) is 12.1. The lowest BCUT2D eigenvalue weighted by molar-refractivity contribution is -0.135. The van der Waals surface area contributed by atoms with E-state index in [0.717, 1.165) is 60.9 Å². The Morgan fingerprint density at radius 3 is 2.52 bits per heavy atom. The van der Waals surface area contributed by atoms with Crippen molar-refractivity contribution in [2.24, 2.45) is 13.0 Å². The summed E-state index contributed by atoms with van der Waals surface area (Å²) in [4.78, 5) is 57.6. The number of imidazole rings is 1. The van der Waals surface area contributed by atoms with Crippen LogP contribution in [0.4, 0.5) is 10.1 Å². The zero-order valence-electron chi connectivity index (χ0n) is 32.3. The van der Waals surface area contributed by atoms with Crippen LogP contribution in [0.1, 0.15) is 104 Å². The number of rotatable bonds is 8. The number of aryl methyl sites for hydroxylation is 2. The van der Waals surface area contributed by atoms with Gasteiger partial charge in [0.2, 0.25) is 11.8 Å². The monoisotopic (exact) mass is 764 g/mol. The molecule has 294 valence electrons. The van der Waals surface area contributed by atoms with E-state index in [1.165, 1.54) is 9.13 Å². The number of piperidine rings is 2. The average molecular weight is 765 g/mol. The molecule has 13 nitrogen and oxygen atoms in total. The summed E-state index contributed by atoms with van der Waals surface area (Å²) in [6.45, 7) is 7.09. The standard InChI is InChI=1S/C42H49FN8O5/c1-24-7-5-9-32(44-24)39(53)45-34-19-26-22-50(47-33(26)20-30(34)42(2,3)56)27-13-11-25(12-14-27)21-49-18-17-28(31(43)23-49)29-8-6-10-35-38(29)48(4)41(55)51(35)36-15-16-37(52)46-40(36)54/h5-10,19-20,22,25,27-28,31,36,56H,11-18,21,23H2,1-4H3,(H,45,53)(H,46,52,54)/t25-,27-,28-,31-,36?/m1/s1. The predicted octanol–water partition coefficient (Wildman–Crippen LogP) is 5.41. The van der Waals surface area contributed by atoms with Crippen molar-refractivity contribution in [2.45, 2.75) is 95.5 Å². The van der Waals surface area contributed by atoms with Gasteiger partial charge >= 0.3 is 5.69 Å². The number of amides is 3. The fourth-order valence-electron chi connectivity index (χ4n) is 9.18. The molecule has 3 N–H and O–H groups in total. The molecule has 0 bridgehead atoms. The van der Waals surface area contributed by atoms with Gasteiger partial charge in [0.1, 0.15) is 17.9 Å². The maximum absolute atomic E-state index is 16.2. The number of nitrogens with one attached hydrogen (secondary N) is 2. The third kappa shape index (κ3) is 7.16. The summed E-state index contributed by atoms with van der Waals surface area (Å²) in [6, 6.07) is 13.9. The first kappa shape index (κ1) is 37.7. The molecule has 3 atom stereocenters. The number of anilines is 1. The van der Waals surface area contributed by atoms with Crippen molar-refractivity contribution in [2.75, 3.05) is 25.0 Å². The molecule has 56 heavy (non-hydrogen) atoms. The Hall–Kier alpha value is -5.21. The average Bonchev–Trinajstić information content (AvgIpc) is 3.69. The number of carbonyl (C=O) groups is 3. The number of hydrogen-bond donors (Lipinski definition) is 3. The first-order valence-electron chi connectivity index (χ1n) is 19.7. The zero-order chi connectivity index (χ0) is 39.5. The molecule has 5 heterocycles. The van der Waals surface area contributed by atoms with E-state index in [-0.39, 0.29) is 42.3 Å². The Morgan fingerprint density at radius 1 is 1.04 bits per heavy atom. The number of hydrogen-bond acceptors (Lipinski definition) is 8. The zero-order valence-corrected chi connectivity index (χ0v) is 32.3. The van der Waals surface area contributed by atoms with Crippen molar-refractivity contribution >= 4 is 45.3 Å². The Bertz CT molecular complexity index is 2400. The molecule has 14 heteroatoms. The number of nitrogens with zero attached hydrogens (tertiary/aromatic N) is 6. The molecule has 3 aromatic heterocycles. The lowest BCUT2D eigenvalue weighted by Crippen LogP contribution is -2.44. The first-order valence-corrected chi connectivity index (χ1v) is 19.7. The molecule has 5 aromatic rings. The summed E-state index contributed by atoms with van der Waals surface area (Å²) in [7, 11) is 1.66. The molecule has 3 fully saturated rings. The van der Waals surface area contributed by atoms with E-state index in [1.807, 2.05) is 48.1 Å². The number of likely N-dealkylation sites (tertiary alicyclic amines) is 1. The van der Waals surface area contributed by atoms with Gasteiger partial charge in [-0.05, 0) is 108 Å². The molecular weight excluding hydrogens is 716 g/mol. The SMILES string of the molecule is Cc1cccc(C(=O)Nc2cc3cn([C@H]4CC[C@H](CN5CC[C@H](c6cccc7c6n(C)c(=O)n7C6CCC(=O)NC6=O)[C@H](F)C5)CC4)nc3cc2C(C)(C)O)n1. The third-order valence-electron chi connectivity index (χ3n) is 12.1. The fourth-order valence-corrected chi connectivity index (χ4v) is 9.18. The van der Waals surface area contributed by atoms with Gasteiger partial charge in [-0.2, -0.15) is 5.10 Å². The molecule has 2 aliphatic heterocycles. The second kappa shape index (κ2) is 14.7. The van der Waals surface area contributed by atoms with Crippen LogP contribution >= 0.6 is 0 Å². The highest BCUT2D eigenvalue weighted by Gasteiger charge is 2.36. The molecule has 1 aliphatic carbocycles. The van der Waals surface area contributed by atoms with Crippen LogP contribution in [-0.4, -0.2) is 77.4 Å². The van der Waals surface area contributed by atoms with Crippen LogP contribution in [-0.2, 0) is 22.2 Å². The smallest absolute Gasteiger partial charge is 0.329 e. The van der Waals surface area contributed by atoms with Gasteiger partial charge in [0.25, 0.3) is 5.91 Å². The molecule has 3 aliphatic rings. The van der Waals surface area contributed by atoms with E-state index in [4.69, 9.17) is 5.10 Å². The van der Waals surface area contributed by atoms with Crippen molar-refractivity contribution < 1.29 is 23.9 Å². The highest BCUT2D eigenvalue weighted by Crippen LogP contribution is 2.39. The van der Waals surface area contributed by atoms with E-state index in [9.17, 15) is 24.3 Å². The van der Waals surface area contributed by atoms with Gasteiger partial charge in [0.05, 0.1) is 28.2 Å². The van der Waals surface area contributed by atoms with Crippen LogP contribution in [0.25, 0.3) is 21.9 Å². The largest absolute Gasteiger partial charge is 0.386 e. The number of fused-ring (bicyclic) bond motifs is 2. The Morgan fingerprint density at radius 2 is 1.80 bits per heavy atom. The number of benzene rings is 2. The number of para-hydroxylation sites is 1. The molecule has 2 aromatic carbocycles. The summed E-state index contributed by atoms with van der Waals surface area (Å²) in [5, 5.41) is 22.1. The van der Waals surface area contributed by atoms with Crippen molar-refractivity contribution in [1.82, 2.24) is 34.1 Å². The molecule has 1 unspecified atom stereocenters. The van der Waals surface area contributed by atoms with Crippen molar-refractivity contribution in [3.05, 3.63) is 87.7 Å². The first-order chi connectivity index (χ1) is 26.7. The number of pyridine rings is 1. The van der Waals surface area contributed by atoms with Gasteiger partial charge in [-0.25, -0.2) is 14.2 Å². The van der Waals surface area contributed by atoms with E-state index in [1.54, 1.807) is 39.1 Å². The van der Waals surface area contributed by atoms with Crippen molar-refractivity contribution in [3.8, 4) is 0 Å². The minimum Gasteiger partial charge on any atom is -0.386 e.